The van der Waals surface area contributed by atoms with Gasteiger partial charge in [0.15, 0.2) is 0 Å². The average molecular weight is 140 g/mol. The molecule has 0 spiro atoms. The molecule has 52 valence electrons. The quantitative estimate of drug-likeness (QED) is 0.587. The van der Waals surface area contributed by atoms with E-state index in [4.69, 9.17) is 12.5 Å². The lowest BCUT2D eigenvalue weighted by Gasteiger charge is -2.28. The fourth-order valence-corrected chi connectivity index (χ4v) is 0.612. The van der Waals surface area contributed by atoms with Gasteiger partial charge in [0, 0.05) is 6.26 Å². The molecule has 0 aliphatic carbocycles. The van der Waals surface area contributed by atoms with Gasteiger partial charge in [0.1, 0.15) is 0 Å². The first-order valence-corrected chi connectivity index (χ1v) is 3.95. The van der Waals surface area contributed by atoms with Gasteiger partial charge in [0.05, 0.1) is 32.2 Å². The number of hydrogen-bond acceptors (Lipinski definition) is 3. The van der Waals surface area contributed by atoms with E-state index in [1.54, 1.807) is 27.6 Å². The molecular weight excluding hydrogens is 128 g/mol. The van der Waals surface area contributed by atoms with Crippen molar-refractivity contribution in [3.05, 3.63) is 0 Å². The monoisotopic (exact) mass is 140 g/mol. The third-order valence-electron chi connectivity index (χ3n) is 0.908. The van der Waals surface area contributed by atoms with Gasteiger partial charge >= 0.3 is 0 Å². The molecule has 0 aliphatic rings. The molecule has 0 unspecified atom stereocenters. The van der Waals surface area contributed by atoms with Crippen molar-refractivity contribution in [2.45, 2.75) is 0 Å². The second-order valence-corrected chi connectivity index (χ2v) is 3.61. The second-order valence-electron chi connectivity index (χ2n) is 1.20. The summed E-state index contributed by atoms with van der Waals surface area (Å²) < 4.78 is 14.6. The normalized spacial score (nSPS) is 14.0. The summed E-state index contributed by atoms with van der Waals surface area (Å²) in [6.07, 6.45) is 1.77. The molecule has 8 heavy (non-hydrogen) atoms. The molecule has 0 aromatic heterocycles. The summed E-state index contributed by atoms with van der Waals surface area (Å²) in [6.45, 7) is 0. The first-order chi connectivity index (χ1) is 3.68. The Morgan fingerprint density at radius 3 is 1.12 bits per heavy atom. The third-order valence-corrected chi connectivity index (χ3v) is 2.72. The highest BCUT2D eigenvalue weighted by atomic mass is 32.3. The summed E-state index contributed by atoms with van der Waals surface area (Å²) in [6, 6.07) is 0. The van der Waals surface area contributed by atoms with Crippen LogP contribution in [0.4, 0.5) is 0 Å². The Morgan fingerprint density at radius 2 is 1.12 bits per heavy atom. The Hall–Kier alpha value is 0.230. The smallest absolute Gasteiger partial charge is 0.0848 e. The van der Waals surface area contributed by atoms with Gasteiger partial charge in [-0.05, 0) is 0 Å². The average Bonchev–Trinajstić information content (AvgIpc) is 1.87. The van der Waals surface area contributed by atoms with Gasteiger partial charge in [-0.1, -0.05) is 0 Å². The van der Waals surface area contributed by atoms with E-state index in [2.05, 4.69) is 0 Å². The minimum absolute atomic E-state index is 1.56. The number of hydrogen-bond donors (Lipinski definition) is 0. The van der Waals surface area contributed by atoms with Crippen molar-refractivity contribution < 1.29 is 12.5 Å². The van der Waals surface area contributed by atoms with E-state index in [1.165, 1.54) is 0 Å². The Labute approximate surface area is 51.9 Å². The molecule has 0 aromatic rings. The summed E-state index contributed by atoms with van der Waals surface area (Å²) in [5, 5.41) is 0. The molecule has 0 bridgehead atoms. The Bertz CT molecular complexity index is 54.0. The zero-order chi connectivity index (χ0) is 6.62. The van der Waals surface area contributed by atoms with E-state index < -0.39 is 10.9 Å². The van der Waals surface area contributed by atoms with Crippen LogP contribution in [0.1, 0.15) is 0 Å². The fraction of sp³-hybridized carbons (Fsp3) is 1.00. The first-order valence-electron chi connectivity index (χ1n) is 2.13. The molecule has 0 saturated carbocycles. The van der Waals surface area contributed by atoms with Crippen molar-refractivity contribution in [1.82, 2.24) is 0 Å². The molecule has 0 radical (unpaired) electrons. The van der Waals surface area contributed by atoms with Crippen molar-refractivity contribution >= 4 is 10.9 Å². The first kappa shape index (κ1) is 8.23. The highest BCUT2D eigenvalue weighted by Gasteiger charge is 2.12. The largest absolute Gasteiger partial charge is 0.296 e. The molecule has 3 nitrogen and oxygen atoms in total. The fourth-order valence-electron chi connectivity index (χ4n) is 0.204. The molecule has 0 fully saturated rings. The molecule has 0 N–H and O–H groups in total. The van der Waals surface area contributed by atoms with E-state index in [1.807, 2.05) is 0 Å². The van der Waals surface area contributed by atoms with E-state index in [0.29, 0.717) is 0 Å². The van der Waals surface area contributed by atoms with Gasteiger partial charge in [0.25, 0.3) is 0 Å². The highest BCUT2D eigenvalue weighted by molar-refractivity contribution is 8.21. The van der Waals surface area contributed by atoms with Crippen LogP contribution < -0.4 is 0 Å². The van der Waals surface area contributed by atoms with Crippen molar-refractivity contribution in [1.29, 1.82) is 0 Å². The Balaban J connectivity index is 3.58. The topological polar surface area (TPSA) is 27.7 Å². The van der Waals surface area contributed by atoms with Crippen molar-refractivity contribution in [2.75, 3.05) is 27.6 Å². The second kappa shape index (κ2) is 3.29. The summed E-state index contributed by atoms with van der Waals surface area (Å²) in [5.74, 6) is 0. The van der Waals surface area contributed by atoms with Crippen LogP contribution in [-0.4, -0.2) is 27.6 Å². The molecule has 0 atom stereocenters. The van der Waals surface area contributed by atoms with Crippen LogP contribution >= 0.6 is 10.9 Å². The summed E-state index contributed by atoms with van der Waals surface area (Å²) >= 11 is 0. The van der Waals surface area contributed by atoms with Gasteiger partial charge < -0.3 is 0 Å². The molecule has 0 rings (SSSR count). The standard InChI is InChI=1S/C4H12O3S/c1-5-8(4,6-2)7-3/h1-4H3. The van der Waals surface area contributed by atoms with Gasteiger partial charge in [-0.3, -0.25) is 12.5 Å². The van der Waals surface area contributed by atoms with E-state index in [9.17, 15) is 0 Å². The van der Waals surface area contributed by atoms with Gasteiger partial charge in [-0.25, -0.2) is 0 Å². The van der Waals surface area contributed by atoms with E-state index in [-0.39, 0.29) is 0 Å². The Kier molecular flexibility index (Phi) is 3.39. The molecule has 0 saturated heterocycles. The lowest BCUT2D eigenvalue weighted by atomic mass is 11.8. The number of rotatable bonds is 3. The van der Waals surface area contributed by atoms with E-state index >= 15 is 0 Å². The van der Waals surface area contributed by atoms with Crippen LogP contribution in [0.3, 0.4) is 0 Å². The maximum atomic E-state index is 4.88. The van der Waals surface area contributed by atoms with Crippen LogP contribution in [0.25, 0.3) is 0 Å². The highest BCUT2D eigenvalue weighted by Crippen LogP contribution is 2.44. The molecular formula is C4H12O3S. The lowest BCUT2D eigenvalue weighted by Crippen LogP contribution is -2.03. The van der Waals surface area contributed by atoms with Gasteiger partial charge in [-0.2, -0.15) is 0 Å². The van der Waals surface area contributed by atoms with Crippen LogP contribution in [0.5, 0.6) is 0 Å². The van der Waals surface area contributed by atoms with E-state index in [0.717, 1.165) is 0 Å². The zero-order valence-electron chi connectivity index (χ0n) is 5.63. The molecule has 4 heteroatoms. The van der Waals surface area contributed by atoms with Gasteiger partial charge in [-0.15, -0.1) is 0 Å². The summed E-state index contributed by atoms with van der Waals surface area (Å²) in [4.78, 5) is 0. The van der Waals surface area contributed by atoms with Crippen LogP contribution in [-0.2, 0) is 12.5 Å². The summed E-state index contributed by atoms with van der Waals surface area (Å²) in [5.41, 5.74) is 0. The van der Waals surface area contributed by atoms with Crippen molar-refractivity contribution in [3.8, 4) is 0 Å². The maximum absolute atomic E-state index is 4.88. The van der Waals surface area contributed by atoms with Crippen LogP contribution in [0.2, 0.25) is 0 Å². The summed E-state index contributed by atoms with van der Waals surface area (Å²) in [7, 11) is 3.02. The van der Waals surface area contributed by atoms with Gasteiger partial charge in [0.2, 0.25) is 0 Å². The van der Waals surface area contributed by atoms with Crippen LogP contribution in [0, 0.1) is 0 Å². The minimum Gasteiger partial charge on any atom is -0.296 e. The maximum Gasteiger partial charge on any atom is 0.0848 e. The Morgan fingerprint density at radius 1 is 0.875 bits per heavy atom. The van der Waals surface area contributed by atoms with Crippen LogP contribution in [0.15, 0.2) is 0 Å². The third kappa shape index (κ3) is 2.00. The van der Waals surface area contributed by atoms with Crippen molar-refractivity contribution in [3.63, 3.8) is 0 Å². The molecule has 0 aromatic carbocycles. The predicted molar refractivity (Wildman–Crippen MR) is 34.5 cm³/mol. The minimum atomic E-state index is -1.65. The molecule has 0 heterocycles. The predicted octanol–water partition coefficient (Wildman–Crippen LogP) is 1.10. The zero-order valence-corrected chi connectivity index (χ0v) is 6.45. The SMILES string of the molecule is COS(C)(OC)OC. The molecule has 0 amide bonds. The molecule has 0 aliphatic heterocycles. The van der Waals surface area contributed by atoms with Crippen molar-refractivity contribution in [2.24, 2.45) is 0 Å². The lowest BCUT2D eigenvalue weighted by molar-refractivity contribution is 0.254.